The van der Waals surface area contributed by atoms with Crippen LogP contribution in [0.4, 0.5) is 4.39 Å². The number of nitrogens with zero attached hydrogens (tertiary/aromatic N) is 1. The van der Waals surface area contributed by atoms with Crippen LogP contribution in [0.25, 0.3) is 10.9 Å². The lowest BCUT2D eigenvalue weighted by Crippen LogP contribution is -2.22. The van der Waals surface area contributed by atoms with Crippen LogP contribution in [0.15, 0.2) is 12.1 Å². The zero-order valence-corrected chi connectivity index (χ0v) is 11.4. The van der Waals surface area contributed by atoms with Gasteiger partial charge in [0.1, 0.15) is 5.82 Å². The van der Waals surface area contributed by atoms with Gasteiger partial charge in [-0.15, -0.1) is 0 Å². The van der Waals surface area contributed by atoms with E-state index in [4.69, 9.17) is 0 Å². The van der Waals surface area contributed by atoms with Crippen molar-refractivity contribution in [1.82, 2.24) is 4.57 Å². The Bertz CT molecular complexity index is 834. The SMILES string of the molecule is CC(=O)n1c(C)c2c3c(c(F)ccc31)C(=O)CC2C(=O)O. The van der Waals surface area contributed by atoms with E-state index in [1.807, 2.05) is 0 Å². The molecular weight excluding hydrogens is 277 g/mol. The number of carbonyl (C=O) groups excluding carboxylic acids is 2. The number of aliphatic carboxylic acids is 1. The van der Waals surface area contributed by atoms with Gasteiger partial charge in [0.25, 0.3) is 0 Å². The van der Waals surface area contributed by atoms with Crippen LogP contribution in [-0.4, -0.2) is 27.3 Å². The van der Waals surface area contributed by atoms with Gasteiger partial charge < -0.3 is 5.11 Å². The molecule has 0 amide bonds. The van der Waals surface area contributed by atoms with Crippen LogP contribution in [0.1, 0.15) is 45.7 Å². The molecule has 0 bridgehead atoms. The Balaban J connectivity index is 2.55. The first kappa shape index (κ1) is 13.5. The molecule has 1 N–H and O–H groups in total. The van der Waals surface area contributed by atoms with Crippen molar-refractivity contribution in [3.63, 3.8) is 0 Å². The Labute approximate surface area is 119 Å². The van der Waals surface area contributed by atoms with Crippen molar-refractivity contribution in [1.29, 1.82) is 0 Å². The van der Waals surface area contributed by atoms with E-state index in [0.717, 1.165) is 6.07 Å². The number of aromatic nitrogens is 1. The standard InChI is InChI=1S/C15H12FNO4/c1-6-12-8(15(20)21)5-11(19)13-9(16)3-4-10(14(12)13)17(6)7(2)18/h3-4,8H,5H2,1-2H3,(H,20,21). The Kier molecular flexibility index (Phi) is 2.73. The highest BCUT2D eigenvalue weighted by Gasteiger charge is 2.37. The summed E-state index contributed by atoms with van der Waals surface area (Å²) in [6.45, 7) is 2.96. The molecule has 0 saturated carbocycles. The Hall–Kier alpha value is -2.50. The van der Waals surface area contributed by atoms with Crippen LogP contribution in [0.2, 0.25) is 0 Å². The van der Waals surface area contributed by atoms with E-state index in [2.05, 4.69) is 0 Å². The van der Waals surface area contributed by atoms with Crippen molar-refractivity contribution in [2.45, 2.75) is 26.2 Å². The quantitative estimate of drug-likeness (QED) is 0.875. The highest BCUT2D eigenvalue weighted by Crippen LogP contribution is 2.41. The fraction of sp³-hybridized carbons (Fsp3) is 0.267. The van der Waals surface area contributed by atoms with Gasteiger partial charge in [-0.2, -0.15) is 0 Å². The lowest BCUT2D eigenvalue weighted by molar-refractivity contribution is -0.138. The summed E-state index contributed by atoms with van der Waals surface area (Å²) in [5, 5.41) is 9.59. The van der Waals surface area contributed by atoms with Gasteiger partial charge in [0.05, 0.1) is 17.0 Å². The molecule has 108 valence electrons. The number of hydrogen-bond acceptors (Lipinski definition) is 3. The van der Waals surface area contributed by atoms with Gasteiger partial charge in [-0.1, -0.05) is 0 Å². The van der Waals surface area contributed by atoms with Gasteiger partial charge in [-0.3, -0.25) is 19.0 Å². The molecule has 1 aromatic heterocycles. The van der Waals surface area contributed by atoms with Crippen LogP contribution in [0.3, 0.4) is 0 Å². The van der Waals surface area contributed by atoms with E-state index < -0.39 is 23.5 Å². The molecule has 1 aliphatic rings. The summed E-state index contributed by atoms with van der Waals surface area (Å²) in [5.41, 5.74) is 1.08. The second-order valence-electron chi connectivity index (χ2n) is 5.19. The minimum Gasteiger partial charge on any atom is -0.481 e. The Morgan fingerprint density at radius 2 is 2.05 bits per heavy atom. The molecule has 0 saturated heterocycles. The first-order valence-corrected chi connectivity index (χ1v) is 6.45. The molecule has 1 atom stereocenters. The van der Waals surface area contributed by atoms with Crippen molar-refractivity contribution in [3.8, 4) is 0 Å². The molecule has 3 rings (SSSR count). The van der Waals surface area contributed by atoms with Crippen LogP contribution in [0, 0.1) is 12.7 Å². The second kappa shape index (κ2) is 4.25. The molecule has 0 spiro atoms. The molecule has 0 radical (unpaired) electrons. The third-order valence-electron chi connectivity index (χ3n) is 4.00. The highest BCUT2D eigenvalue weighted by atomic mass is 19.1. The normalized spacial score (nSPS) is 17.3. The molecule has 6 heteroatoms. The van der Waals surface area contributed by atoms with Crippen LogP contribution >= 0.6 is 0 Å². The molecule has 1 aromatic carbocycles. The van der Waals surface area contributed by atoms with Gasteiger partial charge in [-0.25, -0.2) is 4.39 Å². The smallest absolute Gasteiger partial charge is 0.311 e. The summed E-state index contributed by atoms with van der Waals surface area (Å²) in [5.74, 6) is -3.73. The lowest BCUT2D eigenvalue weighted by Gasteiger charge is -2.19. The maximum absolute atomic E-state index is 14.0. The number of rotatable bonds is 1. The van der Waals surface area contributed by atoms with E-state index >= 15 is 0 Å². The molecule has 2 aromatic rings. The summed E-state index contributed by atoms with van der Waals surface area (Å²) in [4.78, 5) is 35.3. The Morgan fingerprint density at radius 3 is 2.62 bits per heavy atom. The third kappa shape index (κ3) is 1.65. The second-order valence-corrected chi connectivity index (χ2v) is 5.19. The van der Waals surface area contributed by atoms with E-state index in [1.54, 1.807) is 6.92 Å². The summed E-state index contributed by atoms with van der Waals surface area (Å²) in [7, 11) is 0. The van der Waals surface area contributed by atoms with E-state index in [-0.39, 0.29) is 23.3 Å². The number of Topliss-reactive ketones (excluding diaryl/α,β-unsaturated/α-hetero) is 1. The predicted octanol–water partition coefficient (Wildman–Crippen LogP) is 2.50. The van der Waals surface area contributed by atoms with Crippen molar-refractivity contribution in [2.75, 3.05) is 0 Å². The Morgan fingerprint density at radius 1 is 1.38 bits per heavy atom. The maximum atomic E-state index is 14.0. The minimum absolute atomic E-state index is 0.108. The minimum atomic E-state index is -1.15. The third-order valence-corrected chi connectivity index (χ3v) is 4.00. The molecule has 0 fully saturated rings. The zero-order chi connectivity index (χ0) is 15.5. The summed E-state index contributed by atoms with van der Waals surface area (Å²) in [6, 6.07) is 2.54. The van der Waals surface area contributed by atoms with Gasteiger partial charge in [0.2, 0.25) is 5.91 Å². The zero-order valence-electron chi connectivity index (χ0n) is 11.4. The van der Waals surface area contributed by atoms with Gasteiger partial charge in [0.15, 0.2) is 5.78 Å². The number of hydrogen-bond donors (Lipinski definition) is 1. The summed E-state index contributed by atoms with van der Waals surface area (Å²) < 4.78 is 15.3. The van der Waals surface area contributed by atoms with Crippen molar-refractivity contribution >= 4 is 28.6 Å². The number of carboxylic acid groups (broad SMARTS) is 1. The largest absolute Gasteiger partial charge is 0.481 e. The predicted molar refractivity (Wildman–Crippen MR) is 72.3 cm³/mol. The number of benzene rings is 1. The number of carbonyl (C=O) groups is 3. The van der Waals surface area contributed by atoms with Crippen molar-refractivity contribution in [2.24, 2.45) is 0 Å². The fourth-order valence-electron chi connectivity index (χ4n) is 3.21. The average molecular weight is 289 g/mol. The lowest BCUT2D eigenvalue weighted by atomic mass is 9.82. The van der Waals surface area contributed by atoms with Crippen LogP contribution in [0.5, 0.6) is 0 Å². The molecule has 1 unspecified atom stereocenters. The molecule has 21 heavy (non-hydrogen) atoms. The van der Waals surface area contributed by atoms with Gasteiger partial charge >= 0.3 is 5.97 Å². The first-order chi connectivity index (χ1) is 9.84. The molecule has 0 aliphatic heterocycles. The molecular formula is C15H12FNO4. The topological polar surface area (TPSA) is 76.4 Å². The maximum Gasteiger partial charge on any atom is 0.311 e. The van der Waals surface area contributed by atoms with Gasteiger partial charge in [-0.05, 0) is 24.6 Å². The summed E-state index contributed by atoms with van der Waals surface area (Å²) >= 11 is 0. The van der Waals surface area contributed by atoms with E-state index in [0.29, 0.717) is 16.8 Å². The number of carboxylic acids is 1. The van der Waals surface area contributed by atoms with Gasteiger partial charge in [0, 0.05) is 24.4 Å². The molecule has 1 aliphatic carbocycles. The van der Waals surface area contributed by atoms with Crippen molar-refractivity contribution < 1.29 is 23.9 Å². The fourth-order valence-corrected chi connectivity index (χ4v) is 3.21. The van der Waals surface area contributed by atoms with E-state index in [1.165, 1.54) is 17.6 Å². The van der Waals surface area contributed by atoms with Crippen LogP contribution < -0.4 is 0 Å². The van der Waals surface area contributed by atoms with E-state index in [9.17, 15) is 23.9 Å². The van der Waals surface area contributed by atoms with Crippen molar-refractivity contribution in [3.05, 3.63) is 34.8 Å². The first-order valence-electron chi connectivity index (χ1n) is 6.45. The number of halogens is 1. The highest BCUT2D eigenvalue weighted by molar-refractivity contribution is 6.15. The molecule has 1 heterocycles. The summed E-state index contributed by atoms with van der Waals surface area (Å²) in [6.07, 6.45) is -0.291. The number of ketones is 1. The van der Waals surface area contributed by atoms with Crippen LogP contribution in [-0.2, 0) is 4.79 Å². The molecule has 5 nitrogen and oxygen atoms in total. The average Bonchev–Trinajstić information content (AvgIpc) is 2.68. The monoisotopic (exact) mass is 289 g/mol.